The molecule has 0 aliphatic rings. The van der Waals surface area contributed by atoms with Gasteiger partial charge in [-0.3, -0.25) is 9.59 Å². The first-order valence-corrected chi connectivity index (χ1v) is 45.2. The van der Waals surface area contributed by atoms with Crippen LogP contribution in [0.15, 0.2) is 36.5 Å². The Morgan fingerprint density at radius 2 is 0.535 bits per heavy atom. The number of hydrogen-bond acceptors (Lipinski definition) is 7. The predicted molar refractivity (Wildman–Crippen MR) is 438 cm³/mol. The van der Waals surface area contributed by atoms with Gasteiger partial charge in [0, 0.05) is 12.8 Å². The highest BCUT2D eigenvalue weighted by molar-refractivity contribution is 5.71. The summed E-state index contributed by atoms with van der Waals surface area (Å²) >= 11 is 0. The minimum Gasteiger partial charge on any atom is -0.477 e. The van der Waals surface area contributed by atoms with Crippen molar-refractivity contribution in [1.82, 2.24) is 0 Å². The van der Waals surface area contributed by atoms with E-state index in [1.54, 1.807) is 0 Å². The van der Waals surface area contributed by atoms with Crippen LogP contribution in [0.3, 0.4) is 0 Å². The fourth-order valence-electron chi connectivity index (χ4n) is 14.0. The summed E-state index contributed by atoms with van der Waals surface area (Å²) in [5.74, 6) is -1.97. The van der Waals surface area contributed by atoms with Crippen LogP contribution in [0.1, 0.15) is 476 Å². The van der Waals surface area contributed by atoms with Gasteiger partial charge >= 0.3 is 17.9 Å². The number of allylic oxidation sites excluding steroid dienone is 6. The van der Waals surface area contributed by atoms with Crippen molar-refractivity contribution in [3.8, 4) is 0 Å². The minimum absolute atomic E-state index is 0.174. The first kappa shape index (κ1) is 98.5. The summed E-state index contributed by atoms with van der Waals surface area (Å²) in [6, 6.07) is 0. The molecule has 596 valence electrons. The molecule has 0 bridgehead atoms. The van der Waals surface area contributed by atoms with Gasteiger partial charge in [0.25, 0.3) is 6.29 Å². The quantitative estimate of drug-likeness (QED) is 0.0211. The van der Waals surface area contributed by atoms with Crippen LogP contribution in [-0.4, -0.2) is 87.4 Å². The van der Waals surface area contributed by atoms with E-state index < -0.39 is 18.4 Å². The molecule has 0 heterocycles. The van der Waals surface area contributed by atoms with Crippen LogP contribution in [0.5, 0.6) is 0 Å². The van der Waals surface area contributed by atoms with Gasteiger partial charge in [0.2, 0.25) is 0 Å². The highest BCUT2D eigenvalue weighted by Crippen LogP contribution is 2.21. The Kier molecular flexibility index (Phi) is 81.1. The molecule has 0 aromatic heterocycles. The van der Waals surface area contributed by atoms with E-state index in [4.69, 9.17) is 18.9 Å². The lowest BCUT2D eigenvalue weighted by molar-refractivity contribution is -0.870. The van der Waals surface area contributed by atoms with Gasteiger partial charge in [0.15, 0.2) is 6.10 Å². The second-order valence-electron chi connectivity index (χ2n) is 32.3. The number of ether oxygens (including phenoxy) is 4. The average molecular weight is 1420 g/mol. The Morgan fingerprint density at radius 3 is 0.792 bits per heavy atom. The van der Waals surface area contributed by atoms with Crippen LogP contribution < -0.4 is 0 Å². The van der Waals surface area contributed by atoms with Gasteiger partial charge in [0.05, 0.1) is 34.4 Å². The van der Waals surface area contributed by atoms with E-state index in [2.05, 4.69) is 50.3 Å². The van der Waals surface area contributed by atoms with E-state index in [0.29, 0.717) is 17.4 Å². The maximum Gasteiger partial charge on any atom is 0.361 e. The lowest BCUT2D eigenvalue weighted by Gasteiger charge is -2.25. The Bertz CT molecular complexity index is 1760. The lowest BCUT2D eigenvalue weighted by Crippen LogP contribution is -2.40. The normalized spacial score (nSPS) is 12.7. The molecule has 0 radical (unpaired) electrons. The zero-order valence-corrected chi connectivity index (χ0v) is 68.6. The molecule has 9 heteroatoms. The number of carboxylic acid groups (broad SMARTS) is 1. The smallest absolute Gasteiger partial charge is 0.361 e. The number of aliphatic carboxylic acids is 1. The number of hydrogen-bond donors (Lipinski definition) is 1. The molecule has 0 fully saturated rings. The molecule has 0 saturated heterocycles. The molecule has 9 nitrogen and oxygen atoms in total. The molecular weight excluding hydrogens is 1250 g/mol. The molecular formula is C92H176NO8+. The van der Waals surface area contributed by atoms with E-state index in [1.807, 2.05) is 21.1 Å². The van der Waals surface area contributed by atoms with Gasteiger partial charge in [-0.05, 0) is 51.4 Å². The zero-order valence-electron chi connectivity index (χ0n) is 68.6. The lowest BCUT2D eigenvalue weighted by atomic mass is 10.0. The monoisotopic (exact) mass is 1420 g/mol. The average Bonchev–Trinajstić information content (AvgIpc) is 1.25. The molecule has 0 saturated carbocycles. The summed E-state index contributed by atoms with van der Waals surface area (Å²) in [5, 5.41) is 9.79. The number of carboxylic acids is 1. The number of likely N-dealkylation sites (N-methyl/N-ethyl adjacent to an activating group) is 1. The van der Waals surface area contributed by atoms with Gasteiger partial charge < -0.3 is 28.5 Å². The largest absolute Gasteiger partial charge is 0.477 e. The molecule has 2 atom stereocenters. The molecule has 0 amide bonds. The summed E-state index contributed by atoms with van der Waals surface area (Å²) in [7, 11) is 6.01. The highest BCUT2D eigenvalue weighted by Gasteiger charge is 2.25. The Labute approximate surface area is 630 Å². The van der Waals surface area contributed by atoms with Crippen LogP contribution in [0.4, 0.5) is 0 Å². The van der Waals surface area contributed by atoms with Gasteiger partial charge in [-0.15, -0.1) is 0 Å². The number of rotatable bonds is 86. The van der Waals surface area contributed by atoms with Crippen molar-refractivity contribution < 1.29 is 42.9 Å². The number of unbranched alkanes of at least 4 members (excludes halogenated alkanes) is 65. The topological polar surface area (TPSA) is 108 Å². The fraction of sp³-hybridized carbons (Fsp3) is 0.902. The summed E-state index contributed by atoms with van der Waals surface area (Å²) in [6.07, 6.45) is 106. The molecule has 2 unspecified atom stereocenters. The van der Waals surface area contributed by atoms with Crippen molar-refractivity contribution in [2.24, 2.45) is 0 Å². The standard InChI is InChI=1S/C92H175NO8/c1-6-8-10-12-14-16-18-20-22-24-26-28-30-32-34-36-38-40-42-44-45-47-48-50-52-54-56-58-60-62-64-66-68-70-72-74-76-78-80-82-89(94)99-86-88(87-100-92(91(96)97)98-85-84-93(3,4)5)101-90(95)83-81-79-77-75-73-71-69-67-65-63-61-59-57-55-53-51-49-46-43-41-39-37-35-33-31-29-27-25-23-21-19-17-15-13-11-9-7-2/h19,21,25,27,31,33,88,92H,6-18,20,22-24,26,28-30,32,34-87H2,1-5H3/p+1/b21-19-,27-25-,33-31-. The maximum absolute atomic E-state index is 13.0. The third-order valence-corrected chi connectivity index (χ3v) is 20.9. The van der Waals surface area contributed by atoms with E-state index in [-0.39, 0.29) is 38.2 Å². The second kappa shape index (κ2) is 83.2. The van der Waals surface area contributed by atoms with E-state index >= 15 is 0 Å². The summed E-state index contributed by atoms with van der Waals surface area (Å²) in [4.78, 5) is 37.8. The van der Waals surface area contributed by atoms with E-state index in [1.165, 1.54) is 398 Å². The van der Waals surface area contributed by atoms with Gasteiger partial charge in [-0.25, -0.2) is 4.79 Å². The van der Waals surface area contributed by atoms with E-state index in [0.717, 1.165) is 51.4 Å². The first-order valence-electron chi connectivity index (χ1n) is 45.2. The van der Waals surface area contributed by atoms with Crippen molar-refractivity contribution in [1.29, 1.82) is 0 Å². The van der Waals surface area contributed by atoms with Crippen molar-refractivity contribution in [3.05, 3.63) is 36.5 Å². The Balaban J connectivity index is 3.89. The highest BCUT2D eigenvalue weighted by atomic mass is 16.7. The summed E-state index contributed by atoms with van der Waals surface area (Å²) in [5.41, 5.74) is 0. The third kappa shape index (κ3) is 84.6. The number of nitrogens with zero attached hydrogens (tertiary/aromatic N) is 1. The van der Waals surface area contributed by atoms with Crippen LogP contribution in [0, 0.1) is 0 Å². The number of carbonyl (C=O) groups is 3. The number of carbonyl (C=O) groups excluding carboxylic acids is 2. The molecule has 0 spiro atoms. The molecule has 1 N–H and O–H groups in total. The molecule has 0 aromatic rings. The molecule has 0 rings (SSSR count). The second-order valence-corrected chi connectivity index (χ2v) is 32.3. The van der Waals surface area contributed by atoms with Crippen LogP contribution in [0.2, 0.25) is 0 Å². The van der Waals surface area contributed by atoms with Gasteiger partial charge in [0.1, 0.15) is 13.2 Å². The predicted octanol–water partition coefficient (Wildman–Crippen LogP) is 29.4. The van der Waals surface area contributed by atoms with Crippen molar-refractivity contribution in [2.45, 2.75) is 489 Å². The van der Waals surface area contributed by atoms with Crippen LogP contribution in [0.25, 0.3) is 0 Å². The zero-order chi connectivity index (χ0) is 73.2. The SMILES string of the molecule is CCCCCCC/C=C\C/C=C\C/C=C\CCCCCCCCCCCCCCCCCCCCCCCCC(=O)OC(COC(=O)CCCCCCCCCCCCCCCCCCCCCCCCCCCCCCCCCCCCCCCCC)COC(OCC[N+](C)(C)C)C(=O)O. The van der Waals surface area contributed by atoms with Gasteiger partial charge in [-0.1, -0.05) is 448 Å². The minimum atomic E-state index is -1.51. The first-order chi connectivity index (χ1) is 49.6. The number of quaternary nitrogens is 1. The number of esters is 2. The van der Waals surface area contributed by atoms with E-state index in [9.17, 15) is 19.5 Å². The Hall–Kier alpha value is -2.49. The molecule has 0 aliphatic heterocycles. The maximum atomic E-state index is 13.0. The van der Waals surface area contributed by atoms with Crippen LogP contribution >= 0.6 is 0 Å². The Morgan fingerprint density at radius 1 is 0.297 bits per heavy atom. The molecule has 101 heavy (non-hydrogen) atoms. The van der Waals surface area contributed by atoms with Crippen LogP contribution in [-0.2, 0) is 33.3 Å². The van der Waals surface area contributed by atoms with Crippen molar-refractivity contribution >= 4 is 17.9 Å². The van der Waals surface area contributed by atoms with Crippen molar-refractivity contribution in [3.63, 3.8) is 0 Å². The third-order valence-electron chi connectivity index (χ3n) is 20.9. The summed E-state index contributed by atoms with van der Waals surface area (Å²) < 4.78 is 23.1. The van der Waals surface area contributed by atoms with Crippen molar-refractivity contribution in [2.75, 3.05) is 47.5 Å². The fourth-order valence-corrected chi connectivity index (χ4v) is 14.0. The molecule has 0 aromatic carbocycles. The molecule has 0 aliphatic carbocycles. The van der Waals surface area contributed by atoms with Gasteiger partial charge in [-0.2, -0.15) is 0 Å². The summed E-state index contributed by atoms with van der Waals surface area (Å²) in [6.45, 7) is 4.96.